The van der Waals surface area contributed by atoms with Crippen molar-refractivity contribution in [1.82, 2.24) is 0 Å². The molecule has 0 saturated heterocycles. The first-order valence-corrected chi connectivity index (χ1v) is 6.15. The summed E-state index contributed by atoms with van der Waals surface area (Å²) in [6.07, 6.45) is 0. The fourth-order valence-electron chi connectivity index (χ4n) is 0.788. The Morgan fingerprint density at radius 2 is 1.56 bits per heavy atom. The molecule has 0 saturated carbocycles. The third-order valence-electron chi connectivity index (χ3n) is 1.36. The van der Waals surface area contributed by atoms with Crippen molar-refractivity contribution in [1.29, 1.82) is 5.39 Å². The number of hydrogen-bond donors (Lipinski definition) is 1. The number of rotatable bonds is 1. The average Bonchev–Trinajstić information content (AvgIpc) is 2.08. The van der Waals surface area contributed by atoms with Crippen LogP contribution >= 0.6 is 7.81 Å². The van der Waals surface area contributed by atoms with E-state index < -0.39 is 13.6 Å². The second kappa shape index (κ2) is 4.24. The summed E-state index contributed by atoms with van der Waals surface area (Å²) in [5.74, 6) is -0.398. The Bertz CT molecular complexity index is 464. The summed E-state index contributed by atoms with van der Waals surface area (Å²) in [4.78, 5) is 0. The Labute approximate surface area is 96.4 Å². The van der Waals surface area contributed by atoms with Crippen LogP contribution in [0.15, 0.2) is 18.2 Å². The maximum atomic E-state index is 13.0. The van der Waals surface area contributed by atoms with Gasteiger partial charge in [-0.3, -0.25) is 0 Å². The molecule has 0 aromatic heterocycles. The molecule has 0 amide bonds. The van der Waals surface area contributed by atoms with Gasteiger partial charge in [-0.15, -0.1) is 0 Å². The molecular weight excluding hydrogens is 290 g/mol. The van der Waals surface area contributed by atoms with Crippen LogP contribution in [0.2, 0.25) is 0 Å². The van der Waals surface area contributed by atoms with Gasteiger partial charge in [0.1, 0.15) is 0 Å². The van der Waals surface area contributed by atoms with Gasteiger partial charge < -0.3 is 0 Å². The molecule has 11 heteroatoms. The molecule has 1 aromatic rings. The maximum absolute atomic E-state index is 13.0. The van der Waals surface area contributed by atoms with Gasteiger partial charge >= 0.3 is 38.1 Å². The molecule has 1 aromatic carbocycles. The second-order valence-electron chi connectivity index (χ2n) is 3.11. The number of benzene rings is 1. The van der Waals surface area contributed by atoms with Crippen LogP contribution in [0.4, 0.5) is 35.3 Å². The molecule has 0 radical (unpaired) electrons. The molecule has 0 heterocycles. The van der Waals surface area contributed by atoms with Crippen molar-refractivity contribution in [2.24, 2.45) is 0 Å². The fourth-order valence-corrected chi connectivity index (χ4v) is 0.788. The van der Waals surface area contributed by atoms with E-state index in [9.17, 15) is 29.6 Å². The average molecular weight is 297 g/mol. The van der Waals surface area contributed by atoms with Crippen molar-refractivity contribution in [2.45, 2.75) is 6.92 Å². The third kappa shape index (κ3) is 10.9. The molecule has 18 heavy (non-hydrogen) atoms. The van der Waals surface area contributed by atoms with E-state index in [1.807, 2.05) is 0 Å². The van der Waals surface area contributed by atoms with E-state index in [2.05, 4.69) is 10.5 Å². The molecule has 0 atom stereocenters. The summed E-state index contributed by atoms with van der Waals surface area (Å²) in [7, 11) is -10.7. The molecule has 3 nitrogen and oxygen atoms in total. The minimum atomic E-state index is -10.7. The van der Waals surface area contributed by atoms with Crippen LogP contribution in [0.1, 0.15) is 5.56 Å². The van der Waals surface area contributed by atoms with E-state index in [-0.39, 0.29) is 5.69 Å². The number of hydrogen-bond acceptors (Lipinski definition) is 2. The van der Waals surface area contributed by atoms with Crippen LogP contribution in [0.5, 0.6) is 0 Å². The van der Waals surface area contributed by atoms with Crippen LogP contribution in [0.3, 0.4) is 0 Å². The van der Waals surface area contributed by atoms with E-state index in [1.165, 1.54) is 6.07 Å². The zero-order valence-corrected chi connectivity index (χ0v) is 9.61. The number of anilines is 1. The molecule has 104 valence electrons. The van der Waals surface area contributed by atoms with Gasteiger partial charge in [0.05, 0.1) is 0 Å². The monoisotopic (exact) mass is 297 g/mol. The number of nitrogens with zero attached hydrogens (tertiary/aromatic N) is 2. The van der Waals surface area contributed by atoms with Crippen molar-refractivity contribution in [3.05, 3.63) is 34.7 Å². The van der Waals surface area contributed by atoms with Crippen molar-refractivity contribution >= 4 is 13.5 Å². The van der Waals surface area contributed by atoms with Gasteiger partial charge in [0.2, 0.25) is 0 Å². The minimum absolute atomic E-state index is 0.174. The number of nitrogens with one attached hydrogen (secondary N) is 1. The van der Waals surface area contributed by atoms with Gasteiger partial charge in [-0.1, -0.05) is 12.1 Å². The Kier molecular flexibility index (Phi) is 3.86. The molecule has 0 fully saturated rings. The summed E-state index contributed by atoms with van der Waals surface area (Å²) >= 11 is 0. The number of halogens is 7. The number of diazo groups is 1. The molecule has 1 rings (SSSR count). The topological polar surface area (TPSA) is 40.2 Å². The fraction of sp³-hybridized carbons (Fsp3) is 0.143. The zero-order chi connectivity index (χ0) is 14.7. The van der Waals surface area contributed by atoms with E-state index >= 15 is 0 Å². The van der Waals surface area contributed by atoms with Crippen molar-refractivity contribution in [3.8, 4) is 0 Å². The molecule has 0 aliphatic carbocycles. The Balaban J connectivity index is 0.000000360. The molecule has 0 aliphatic heterocycles. The first-order valence-electron chi connectivity index (χ1n) is 4.12. The zero-order valence-electron chi connectivity index (χ0n) is 8.72. The van der Waals surface area contributed by atoms with E-state index in [4.69, 9.17) is 5.39 Å². The normalized spacial score (nSPS) is 14.4. The molecule has 1 N–H and O–H groups in total. The van der Waals surface area contributed by atoms with Crippen LogP contribution in [0, 0.1) is 18.1 Å². The molecule has 0 bridgehead atoms. The SMILES string of the molecule is Cc1cccc(N[N+]#N)c1F.F[P-](F)(F)(F)(F)F. The van der Waals surface area contributed by atoms with Gasteiger partial charge in [-0.2, -0.15) is 0 Å². The van der Waals surface area contributed by atoms with Crippen molar-refractivity contribution in [3.63, 3.8) is 0 Å². The molecule has 0 unspecified atom stereocenters. The third-order valence-corrected chi connectivity index (χ3v) is 1.36. The molecule has 0 aliphatic rings. The van der Waals surface area contributed by atoms with Crippen LogP contribution < -0.4 is 5.43 Å². The molecule has 0 spiro atoms. The summed E-state index contributed by atoms with van der Waals surface area (Å²) in [5, 5.41) is 10.7. The van der Waals surface area contributed by atoms with E-state index in [1.54, 1.807) is 19.1 Å². The Hall–Kier alpha value is -1.62. The Morgan fingerprint density at radius 1 is 1.11 bits per heavy atom. The summed E-state index contributed by atoms with van der Waals surface area (Å²) in [6.45, 7) is 1.64. The van der Waals surface area contributed by atoms with Crippen LogP contribution in [-0.2, 0) is 0 Å². The van der Waals surface area contributed by atoms with Crippen LogP contribution in [-0.4, -0.2) is 0 Å². The first-order chi connectivity index (χ1) is 7.70. The van der Waals surface area contributed by atoms with Gasteiger partial charge in [0, 0.05) is 0 Å². The summed E-state index contributed by atoms with van der Waals surface area (Å²) < 4.78 is 72.1. The van der Waals surface area contributed by atoms with E-state index in [0.29, 0.717) is 5.56 Å². The summed E-state index contributed by atoms with van der Waals surface area (Å²) in [6, 6.07) is 4.80. The van der Waals surface area contributed by atoms with Gasteiger partial charge in [0.15, 0.2) is 11.5 Å². The Morgan fingerprint density at radius 3 is 1.94 bits per heavy atom. The molecular formula is C7H7F7N3P. The number of aryl methyl sites for hydroxylation is 1. The van der Waals surface area contributed by atoms with Gasteiger partial charge in [0.25, 0.3) is 5.39 Å². The van der Waals surface area contributed by atoms with Crippen molar-refractivity contribution in [2.75, 3.05) is 5.43 Å². The van der Waals surface area contributed by atoms with Crippen LogP contribution in [0.25, 0.3) is 5.08 Å². The predicted octanol–water partition coefficient (Wildman–Crippen LogP) is 5.70. The summed E-state index contributed by atoms with van der Waals surface area (Å²) in [5.41, 5.74) is 2.81. The van der Waals surface area contributed by atoms with Crippen molar-refractivity contribution < 1.29 is 29.6 Å². The van der Waals surface area contributed by atoms with Gasteiger partial charge in [-0.05, 0) is 24.0 Å². The van der Waals surface area contributed by atoms with Gasteiger partial charge in [-0.25, -0.2) is 4.39 Å². The predicted molar refractivity (Wildman–Crippen MR) is 53.4 cm³/mol. The second-order valence-corrected chi connectivity index (χ2v) is 5.02. The first kappa shape index (κ1) is 16.4. The quantitative estimate of drug-likeness (QED) is 0.313. The van der Waals surface area contributed by atoms with E-state index in [0.717, 1.165) is 0 Å². The standard InChI is InChI=1S/C7H7FN3.F6P/c1-5-3-2-4-6(7(5)8)10-11-9;1-7(2,3,4,5)6/h2-4,10H,1H3;/q+1;-1.